The van der Waals surface area contributed by atoms with Crippen LogP contribution in [0.1, 0.15) is 20.8 Å². The Bertz CT molecular complexity index is 306. The third kappa shape index (κ3) is 4.62. The van der Waals surface area contributed by atoms with Crippen LogP contribution in [0.5, 0.6) is 0 Å². The Hall–Kier alpha value is -1.14. The monoisotopic (exact) mass is 257 g/mol. The number of hydrogen-bond donors (Lipinski definition) is 1. The van der Waals surface area contributed by atoms with E-state index >= 15 is 0 Å². The van der Waals surface area contributed by atoms with Gasteiger partial charge in [-0.25, -0.2) is 0 Å². The summed E-state index contributed by atoms with van der Waals surface area (Å²) in [6, 6.07) is 0. The molecule has 0 radical (unpaired) electrons. The van der Waals surface area contributed by atoms with E-state index in [2.05, 4.69) is 0 Å². The van der Waals surface area contributed by atoms with Crippen molar-refractivity contribution in [1.82, 2.24) is 9.80 Å². The van der Waals surface area contributed by atoms with Crippen LogP contribution in [-0.4, -0.2) is 66.5 Å². The van der Waals surface area contributed by atoms with E-state index in [1.165, 1.54) is 0 Å². The van der Waals surface area contributed by atoms with Gasteiger partial charge in [0, 0.05) is 18.6 Å². The molecule has 0 aromatic heterocycles. The van der Waals surface area contributed by atoms with Crippen LogP contribution in [0.2, 0.25) is 0 Å². The van der Waals surface area contributed by atoms with Gasteiger partial charge in [-0.2, -0.15) is 0 Å². The van der Waals surface area contributed by atoms with E-state index in [9.17, 15) is 9.59 Å². The molecular weight excluding hydrogens is 234 g/mol. The van der Waals surface area contributed by atoms with Gasteiger partial charge in [0.15, 0.2) is 0 Å². The number of carbonyl (C=O) groups excluding carboxylic acids is 2. The lowest BCUT2D eigenvalue weighted by Crippen LogP contribution is -2.52. The van der Waals surface area contributed by atoms with Crippen LogP contribution in [-0.2, 0) is 14.3 Å². The van der Waals surface area contributed by atoms with Crippen molar-refractivity contribution in [3.8, 4) is 0 Å². The largest absolute Gasteiger partial charge is 0.378 e. The van der Waals surface area contributed by atoms with Crippen LogP contribution in [0, 0.1) is 0 Å². The third-order valence-corrected chi connectivity index (χ3v) is 2.99. The molecule has 0 spiro atoms. The Morgan fingerprint density at radius 3 is 2.22 bits per heavy atom. The summed E-state index contributed by atoms with van der Waals surface area (Å²) in [6.45, 7) is 8.59. The molecular formula is C12H23N3O3. The number of primary amides is 1. The number of amides is 2. The number of nitrogens with two attached hydrogens (primary N) is 1. The van der Waals surface area contributed by atoms with E-state index in [0.29, 0.717) is 26.3 Å². The summed E-state index contributed by atoms with van der Waals surface area (Å²) in [5, 5.41) is 0. The van der Waals surface area contributed by atoms with Crippen LogP contribution in [0.3, 0.4) is 0 Å². The second-order valence-electron chi connectivity index (χ2n) is 5.49. The minimum atomic E-state index is -0.417. The van der Waals surface area contributed by atoms with E-state index in [4.69, 9.17) is 10.5 Å². The lowest BCUT2D eigenvalue weighted by molar-refractivity contribution is -0.138. The SMILES string of the molecule is CC(C)(C)N(CC(N)=O)CC(=O)N1CCOCC1. The van der Waals surface area contributed by atoms with Crippen molar-refractivity contribution in [2.45, 2.75) is 26.3 Å². The summed E-state index contributed by atoms with van der Waals surface area (Å²) in [7, 11) is 0. The first-order valence-electron chi connectivity index (χ1n) is 6.19. The molecule has 1 rings (SSSR count). The van der Waals surface area contributed by atoms with Crippen molar-refractivity contribution in [1.29, 1.82) is 0 Å². The van der Waals surface area contributed by atoms with Gasteiger partial charge >= 0.3 is 0 Å². The molecule has 104 valence electrons. The first kappa shape index (κ1) is 14.9. The number of hydrogen-bond acceptors (Lipinski definition) is 4. The van der Waals surface area contributed by atoms with Crippen molar-refractivity contribution < 1.29 is 14.3 Å². The first-order chi connectivity index (χ1) is 8.30. The van der Waals surface area contributed by atoms with Gasteiger partial charge < -0.3 is 15.4 Å². The summed E-state index contributed by atoms with van der Waals surface area (Å²) in [6.07, 6.45) is 0. The summed E-state index contributed by atoms with van der Waals surface area (Å²) < 4.78 is 5.21. The maximum absolute atomic E-state index is 12.1. The van der Waals surface area contributed by atoms with Gasteiger partial charge in [0.25, 0.3) is 0 Å². The van der Waals surface area contributed by atoms with Crippen molar-refractivity contribution in [3.05, 3.63) is 0 Å². The zero-order chi connectivity index (χ0) is 13.8. The fraction of sp³-hybridized carbons (Fsp3) is 0.833. The fourth-order valence-electron chi connectivity index (χ4n) is 1.79. The second-order valence-corrected chi connectivity index (χ2v) is 5.49. The molecule has 2 N–H and O–H groups in total. The van der Waals surface area contributed by atoms with E-state index in [1.54, 1.807) is 9.80 Å². The molecule has 0 aliphatic carbocycles. The van der Waals surface area contributed by atoms with Gasteiger partial charge in [0.2, 0.25) is 11.8 Å². The molecule has 2 amide bonds. The smallest absolute Gasteiger partial charge is 0.236 e. The summed E-state index contributed by atoms with van der Waals surface area (Å²) in [5.74, 6) is -0.394. The number of morpholine rings is 1. The molecule has 1 aliphatic rings. The molecule has 1 heterocycles. The van der Waals surface area contributed by atoms with Gasteiger partial charge in [-0.1, -0.05) is 0 Å². The Balaban J connectivity index is 2.59. The average molecular weight is 257 g/mol. The predicted octanol–water partition coefficient (Wildman–Crippen LogP) is -0.569. The second kappa shape index (κ2) is 6.15. The number of carbonyl (C=O) groups is 2. The molecule has 1 saturated heterocycles. The highest BCUT2D eigenvalue weighted by Gasteiger charge is 2.27. The van der Waals surface area contributed by atoms with Crippen LogP contribution in [0.4, 0.5) is 0 Å². The van der Waals surface area contributed by atoms with Gasteiger partial charge in [-0.05, 0) is 20.8 Å². The van der Waals surface area contributed by atoms with Crippen molar-refractivity contribution in [2.75, 3.05) is 39.4 Å². The molecule has 1 fully saturated rings. The highest BCUT2D eigenvalue weighted by atomic mass is 16.5. The van der Waals surface area contributed by atoms with Crippen LogP contribution in [0.15, 0.2) is 0 Å². The van der Waals surface area contributed by atoms with Gasteiger partial charge in [-0.3, -0.25) is 14.5 Å². The number of rotatable bonds is 4. The van der Waals surface area contributed by atoms with Crippen LogP contribution >= 0.6 is 0 Å². The highest BCUT2D eigenvalue weighted by molar-refractivity contribution is 5.80. The molecule has 6 nitrogen and oxygen atoms in total. The van der Waals surface area contributed by atoms with E-state index in [-0.39, 0.29) is 24.5 Å². The molecule has 0 saturated carbocycles. The maximum Gasteiger partial charge on any atom is 0.236 e. The first-order valence-corrected chi connectivity index (χ1v) is 6.19. The normalized spacial score (nSPS) is 17.0. The number of ether oxygens (including phenoxy) is 1. The predicted molar refractivity (Wildman–Crippen MR) is 67.9 cm³/mol. The minimum Gasteiger partial charge on any atom is -0.378 e. The van der Waals surface area contributed by atoms with E-state index in [0.717, 1.165) is 0 Å². The quantitative estimate of drug-likeness (QED) is 0.732. The Labute approximate surface area is 108 Å². The van der Waals surface area contributed by atoms with E-state index < -0.39 is 5.91 Å². The lowest BCUT2D eigenvalue weighted by atomic mass is 10.1. The van der Waals surface area contributed by atoms with Gasteiger partial charge in [0.05, 0.1) is 26.3 Å². The van der Waals surface area contributed by atoms with Crippen molar-refractivity contribution >= 4 is 11.8 Å². The molecule has 0 atom stereocenters. The molecule has 0 aromatic rings. The Morgan fingerprint density at radius 1 is 1.22 bits per heavy atom. The average Bonchev–Trinajstić information content (AvgIpc) is 2.27. The maximum atomic E-state index is 12.1. The zero-order valence-electron chi connectivity index (χ0n) is 11.4. The summed E-state index contributed by atoms with van der Waals surface area (Å²) in [5.41, 5.74) is 4.95. The Morgan fingerprint density at radius 2 is 1.78 bits per heavy atom. The summed E-state index contributed by atoms with van der Waals surface area (Å²) >= 11 is 0. The van der Waals surface area contributed by atoms with Gasteiger partial charge in [-0.15, -0.1) is 0 Å². The third-order valence-electron chi connectivity index (χ3n) is 2.99. The lowest BCUT2D eigenvalue weighted by Gasteiger charge is -2.36. The standard InChI is InChI=1S/C12H23N3O3/c1-12(2,3)15(8-10(13)16)9-11(17)14-4-6-18-7-5-14/h4-9H2,1-3H3,(H2,13,16). The van der Waals surface area contributed by atoms with Crippen LogP contribution < -0.4 is 5.73 Å². The summed E-state index contributed by atoms with van der Waals surface area (Å²) in [4.78, 5) is 26.7. The van der Waals surface area contributed by atoms with Crippen molar-refractivity contribution in [3.63, 3.8) is 0 Å². The number of nitrogens with zero attached hydrogens (tertiary/aromatic N) is 2. The molecule has 0 unspecified atom stereocenters. The van der Waals surface area contributed by atoms with Crippen LogP contribution in [0.25, 0.3) is 0 Å². The zero-order valence-corrected chi connectivity index (χ0v) is 11.4. The van der Waals surface area contributed by atoms with E-state index in [1.807, 2.05) is 20.8 Å². The Kier molecular flexibility index (Phi) is 5.10. The molecule has 18 heavy (non-hydrogen) atoms. The fourth-order valence-corrected chi connectivity index (χ4v) is 1.79. The highest BCUT2D eigenvalue weighted by Crippen LogP contribution is 2.13. The van der Waals surface area contributed by atoms with Gasteiger partial charge in [0.1, 0.15) is 0 Å². The molecule has 0 bridgehead atoms. The molecule has 1 aliphatic heterocycles. The van der Waals surface area contributed by atoms with Crippen molar-refractivity contribution in [2.24, 2.45) is 5.73 Å². The molecule has 6 heteroatoms. The minimum absolute atomic E-state index is 0.0227. The molecule has 0 aromatic carbocycles. The topological polar surface area (TPSA) is 75.9 Å².